The van der Waals surface area contributed by atoms with Crippen molar-refractivity contribution in [1.82, 2.24) is 20.0 Å². The molecule has 2 fully saturated rings. The zero-order chi connectivity index (χ0) is 22.3. The number of rotatable bonds is 5. The number of guanidine groups is 1. The molecule has 9 heteroatoms. The van der Waals surface area contributed by atoms with Gasteiger partial charge in [-0.1, -0.05) is 24.3 Å². The lowest BCUT2D eigenvalue weighted by Crippen LogP contribution is -2.50. The van der Waals surface area contributed by atoms with Crippen molar-refractivity contribution in [2.24, 2.45) is 10.9 Å². The second kappa shape index (κ2) is 12.5. The van der Waals surface area contributed by atoms with Gasteiger partial charge in [-0.3, -0.25) is 14.6 Å². The molecular formula is C24H36IN5O3. The van der Waals surface area contributed by atoms with Crippen LogP contribution in [-0.2, 0) is 27.4 Å². The maximum absolute atomic E-state index is 12.7. The first kappa shape index (κ1) is 25.7. The van der Waals surface area contributed by atoms with Crippen molar-refractivity contribution in [3.05, 3.63) is 35.4 Å². The fourth-order valence-electron chi connectivity index (χ4n) is 4.82. The third kappa shape index (κ3) is 6.59. The highest BCUT2D eigenvalue weighted by atomic mass is 127. The summed E-state index contributed by atoms with van der Waals surface area (Å²) >= 11 is 0. The molecule has 0 aliphatic carbocycles. The number of piperidine rings is 1. The van der Waals surface area contributed by atoms with E-state index in [1.54, 1.807) is 7.05 Å². The lowest BCUT2D eigenvalue weighted by Gasteiger charge is -2.36. The van der Waals surface area contributed by atoms with E-state index in [0.717, 1.165) is 51.4 Å². The summed E-state index contributed by atoms with van der Waals surface area (Å²) in [7, 11) is 1.79. The average Bonchev–Trinajstić information content (AvgIpc) is 3.29. The summed E-state index contributed by atoms with van der Waals surface area (Å²) in [4.78, 5) is 35.8. The first-order valence-electron chi connectivity index (χ1n) is 11.8. The van der Waals surface area contributed by atoms with Crippen LogP contribution in [0.5, 0.6) is 0 Å². The molecule has 8 nitrogen and oxygen atoms in total. The standard InChI is InChI=1S/C24H35N5O3.HI/c1-25-24(28-11-8-19(9-12-28)23(31)27-13-15-32-16-14-27)26-10-4-7-22(30)29-17-20-5-2-3-6-21(20)18-29;/h2-3,5-6,19H,4,7-18H2,1H3,(H,25,26);1H. The molecule has 0 saturated carbocycles. The van der Waals surface area contributed by atoms with Gasteiger partial charge in [-0.15, -0.1) is 24.0 Å². The van der Waals surface area contributed by atoms with E-state index in [2.05, 4.69) is 27.3 Å². The van der Waals surface area contributed by atoms with Gasteiger partial charge < -0.3 is 24.8 Å². The lowest BCUT2D eigenvalue weighted by atomic mass is 9.95. The van der Waals surface area contributed by atoms with Crippen molar-refractivity contribution in [2.45, 2.75) is 38.8 Å². The van der Waals surface area contributed by atoms with Crippen LogP contribution in [0.2, 0.25) is 0 Å². The van der Waals surface area contributed by atoms with Crippen molar-refractivity contribution in [1.29, 1.82) is 0 Å². The van der Waals surface area contributed by atoms with Gasteiger partial charge in [0.15, 0.2) is 5.96 Å². The molecule has 4 rings (SSSR count). The Morgan fingerprint density at radius 2 is 1.64 bits per heavy atom. The molecule has 0 bridgehead atoms. The molecule has 3 aliphatic rings. The average molecular weight is 569 g/mol. The van der Waals surface area contributed by atoms with Crippen LogP contribution < -0.4 is 5.32 Å². The fraction of sp³-hybridized carbons (Fsp3) is 0.625. The number of hydrogen-bond donors (Lipinski definition) is 1. The number of halogens is 1. The molecule has 0 atom stereocenters. The Hall–Kier alpha value is -1.88. The minimum Gasteiger partial charge on any atom is -0.378 e. The zero-order valence-corrected chi connectivity index (χ0v) is 21.8. The summed E-state index contributed by atoms with van der Waals surface area (Å²) in [6.07, 6.45) is 3.01. The third-order valence-corrected chi connectivity index (χ3v) is 6.72. The Morgan fingerprint density at radius 3 is 2.24 bits per heavy atom. The van der Waals surface area contributed by atoms with Crippen LogP contribution in [-0.4, -0.2) is 85.5 Å². The monoisotopic (exact) mass is 569 g/mol. The van der Waals surface area contributed by atoms with Crippen LogP contribution in [0.1, 0.15) is 36.8 Å². The number of likely N-dealkylation sites (tertiary alicyclic amines) is 1. The summed E-state index contributed by atoms with van der Waals surface area (Å²) in [5.74, 6) is 1.45. The van der Waals surface area contributed by atoms with E-state index in [4.69, 9.17) is 4.74 Å². The maximum Gasteiger partial charge on any atom is 0.225 e. The van der Waals surface area contributed by atoms with Gasteiger partial charge in [0.25, 0.3) is 0 Å². The fourth-order valence-corrected chi connectivity index (χ4v) is 4.82. The minimum atomic E-state index is 0. The van der Waals surface area contributed by atoms with E-state index < -0.39 is 0 Å². The maximum atomic E-state index is 12.7. The van der Waals surface area contributed by atoms with Crippen LogP contribution in [0.3, 0.4) is 0 Å². The van der Waals surface area contributed by atoms with Gasteiger partial charge in [0.05, 0.1) is 13.2 Å². The van der Waals surface area contributed by atoms with E-state index in [9.17, 15) is 9.59 Å². The molecule has 0 radical (unpaired) electrons. The molecule has 1 aromatic carbocycles. The summed E-state index contributed by atoms with van der Waals surface area (Å²) < 4.78 is 5.36. The van der Waals surface area contributed by atoms with Crippen molar-refractivity contribution in [3.63, 3.8) is 0 Å². The van der Waals surface area contributed by atoms with Gasteiger partial charge in [-0.05, 0) is 30.4 Å². The highest BCUT2D eigenvalue weighted by Gasteiger charge is 2.30. The number of nitrogens with zero attached hydrogens (tertiary/aromatic N) is 4. The van der Waals surface area contributed by atoms with E-state index in [0.29, 0.717) is 39.3 Å². The third-order valence-electron chi connectivity index (χ3n) is 6.72. The Labute approximate surface area is 213 Å². The number of aliphatic imine (C=N–C) groups is 1. The van der Waals surface area contributed by atoms with Crippen molar-refractivity contribution >= 4 is 41.8 Å². The highest BCUT2D eigenvalue weighted by molar-refractivity contribution is 14.0. The van der Waals surface area contributed by atoms with Gasteiger partial charge in [0.2, 0.25) is 11.8 Å². The van der Waals surface area contributed by atoms with Gasteiger partial charge >= 0.3 is 0 Å². The van der Waals surface area contributed by atoms with Gasteiger partial charge in [-0.2, -0.15) is 0 Å². The van der Waals surface area contributed by atoms with Crippen LogP contribution in [0.15, 0.2) is 29.3 Å². The Balaban J connectivity index is 0.00000306. The molecule has 2 amide bonds. The first-order valence-corrected chi connectivity index (χ1v) is 11.8. The molecule has 3 aliphatic heterocycles. The Kier molecular flexibility index (Phi) is 9.78. The number of carbonyl (C=O) groups excluding carboxylic acids is 2. The van der Waals surface area contributed by atoms with E-state index >= 15 is 0 Å². The number of nitrogens with one attached hydrogen (secondary N) is 1. The number of ether oxygens (including phenoxy) is 1. The number of hydrogen-bond acceptors (Lipinski definition) is 4. The molecule has 2 saturated heterocycles. The molecule has 3 heterocycles. The van der Waals surface area contributed by atoms with Crippen molar-refractivity contribution in [3.8, 4) is 0 Å². The van der Waals surface area contributed by atoms with Gasteiger partial charge in [-0.25, -0.2) is 0 Å². The number of morpholine rings is 1. The Bertz CT molecular complexity index is 810. The van der Waals surface area contributed by atoms with E-state index in [1.807, 2.05) is 21.9 Å². The largest absolute Gasteiger partial charge is 0.378 e. The highest BCUT2D eigenvalue weighted by Crippen LogP contribution is 2.23. The summed E-state index contributed by atoms with van der Waals surface area (Å²) in [6.45, 7) is 6.53. The van der Waals surface area contributed by atoms with Crippen molar-refractivity contribution in [2.75, 3.05) is 53.0 Å². The van der Waals surface area contributed by atoms with Gasteiger partial charge in [0, 0.05) is 65.2 Å². The number of carbonyl (C=O) groups is 2. The van der Waals surface area contributed by atoms with E-state index in [1.165, 1.54) is 11.1 Å². The smallest absolute Gasteiger partial charge is 0.225 e. The predicted octanol–water partition coefficient (Wildman–Crippen LogP) is 2.07. The topological polar surface area (TPSA) is 77.5 Å². The predicted molar refractivity (Wildman–Crippen MR) is 138 cm³/mol. The second-order valence-electron chi connectivity index (χ2n) is 8.80. The summed E-state index contributed by atoms with van der Waals surface area (Å²) in [5, 5.41) is 3.40. The molecule has 33 heavy (non-hydrogen) atoms. The summed E-state index contributed by atoms with van der Waals surface area (Å²) in [6, 6.07) is 8.27. The molecule has 182 valence electrons. The second-order valence-corrected chi connectivity index (χ2v) is 8.80. The number of amides is 2. The molecule has 1 N–H and O–H groups in total. The van der Waals surface area contributed by atoms with Gasteiger partial charge in [0.1, 0.15) is 0 Å². The molecular weight excluding hydrogens is 533 g/mol. The van der Waals surface area contributed by atoms with Crippen LogP contribution in [0.4, 0.5) is 0 Å². The minimum absolute atomic E-state index is 0. The quantitative estimate of drug-likeness (QED) is 0.255. The molecule has 0 aromatic heterocycles. The SMILES string of the molecule is CN=C(NCCCC(=O)N1Cc2ccccc2C1)N1CCC(C(=O)N2CCOCC2)CC1.I. The summed E-state index contributed by atoms with van der Waals surface area (Å²) in [5.41, 5.74) is 2.52. The number of fused-ring (bicyclic) bond motifs is 1. The van der Waals surface area contributed by atoms with Crippen LogP contribution >= 0.6 is 24.0 Å². The molecule has 1 aromatic rings. The zero-order valence-electron chi connectivity index (χ0n) is 19.5. The first-order chi connectivity index (χ1) is 15.7. The van der Waals surface area contributed by atoms with Crippen molar-refractivity contribution < 1.29 is 14.3 Å². The lowest BCUT2D eigenvalue weighted by molar-refractivity contribution is -0.140. The van der Waals surface area contributed by atoms with Crippen LogP contribution in [0.25, 0.3) is 0 Å². The molecule has 0 unspecified atom stereocenters. The van der Waals surface area contributed by atoms with E-state index in [-0.39, 0.29) is 41.7 Å². The Morgan fingerprint density at radius 1 is 1.00 bits per heavy atom. The van der Waals surface area contributed by atoms with Crippen LogP contribution in [0, 0.1) is 5.92 Å². The molecule has 0 spiro atoms. The number of benzene rings is 1. The normalized spacial score (nSPS) is 19.2.